The van der Waals surface area contributed by atoms with Crippen molar-refractivity contribution >= 4 is 21.7 Å². The Labute approximate surface area is 113 Å². The van der Waals surface area contributed by atoms with Crippen LogP contribution >= 0.6 is 15.9 Å². The summed E-state index contributed by atoms with van der Waals surface area (Å²) in [6, 6.07) is 2.60. The van der Waals surface area contributed by atoms with Gasteiger partial charge in [0.2, 0.25) is 0 Å². The average molecular weight is 299 g/mol. The van der Waals surface area contributed by atoms with Crippen LogP contribution in [0.4, 0.5) is 5.82 Å². The van der Waals surface area contributed by atoms with Gasteiger partial charge in [0, 0.05) is 16.7 Å². The second kappa shape index (κ2) is 7.70. The van der Waals surface area contributed by atoms with Crippen molar-refractivity contribution in [2.75, 3.05) is 5.32 Å². The van der Waals surface area contributed by atoms with Gasteiger partial charge in [-0.05, 0) is 47.8 Å². The van der Waals surface area contributed by atoms with Gasteiger partial charge in [-0.1, -0.05) is 32.6 Å². The third kappa shape index (κ3) is 5.53. The van der Waals surface area contributed by atoms with Gasteiger partial charge in [-0.2, -0.15) is 0 Å². The van der Waals surface area contributed by atoms with E-state index in [-0.39, 0.29) is 0 Å². The van der Waals surface area contributed by atoms with Crippen molar-refractivity contribution in [3.05, 3.63) is 22.3 Å². The fraction of sp³-hybridized carbons (Fsp3) is 0.643. The Morgan fingerprint density at radius 1 is 1.35 bits per heavy atom. The fourth-order valence-electron chi connectivity index (χ4n) is 1.87. The normalized spacial score (nSPS) is 12.5. The standard InChI is InChI=1S/C14H23BrN2/c1-4-5-6-7-8-12(3)17-14-11(2)9-13(15)10-16-14/h9-10,12H,4-8H2,1-3H3,(H,16,17). The summed E-state index contributed by atoms with van der Waals surface area (Å²) in [6.07, 6.45) is 8.36. The van der Waals surface area contributed by atoms with Crippen LogP contribution in [0.25, 0.3) is 0 Å². The number of hydrogen-bond donors (Lipinski definition) is 1. The first-order valence-electron chi connectivity index (χ1n) is 6.52. The van der Waals surface area contributed by atoms with E-state index >= 15 is 0 Å². The zero-order chi connectivity index (χ0) is 12.7. The summed E-state index contributed by atoms with van der Waals surface area (Å²) in [4.78, 5) is 4.40. The van der Waals surface area contributed by atoms with Crippen molar-refractivity contribution in [3.63, 3.8) is 0 Å². The molecule has 1 aromatic heterocycles. The Morgan fingerprint density at radius 2 is 2.12 bits per heavy atom. The highest BCUT2D eigenvalue weighted by molar-refractivity contribution is 9.10. The van der Waals surface area contributed by atoms with Crippen LogP contribution < -0.4 is 5.32 Å². The minimum absolute atomic E-state index is 0.499. The molecule has 1 rings (SSSR count). The number of aromatic nitrogens is 1. The second-order valence-corrected chi connectivity index (χ2v) is 5.63. The van der Waals surface area contributed by atoms with Crippen LogP contribution in [0, 0.1) is 6.92 Å². The third-order valence-corrected chi connectivity index (χ3v) is 3.35. The molecule has 1 heterocycles. The monoisotopic (exact) mass is 298 g/mol. The number of aryl methyl sites for hydroxylation is 1. The second-order valence-electron chi connectivity index (χ2n) is 4.71. The van der Waals surface area contributed by atoms with E-state index in [1.165, 1.54) is 37.7 Å². The van der Waals surface area contributed by atoms with E-state index in [1.54, 1.807) is 0 Å². The molecule has 1 aromatic rings. The number of anilines is 1. The molecule has 0 radical (unpaired) electrons. The summed E-state index contributed by atoms with van der Waals surface area (Å²) in [5.41, 5.74) is 1.19. The number of nitrogens with one attached hydrogen (secondary N) is 1. The molecule has 2 nitrogen and oxygen atoms in total. The first kappa shape index (κ1) is 14.5. The van der Waals surface area contributed by atoms with E-state index in [0.717, 1.165) is 10.3 Å². The van der Waals surface area contributed by atoms with Crippen LogP contribution in [0.15, 0.2) is 16.7 Å². The van der Waals surface area contributed by atoms with E-state index in [2.05, 4.69) is 53.1 Å². The van der Waals surface area contributed by atoms with Gasteiger partial charge >= 0.3 is 0 Å². The van der Waals surface area contributed by atoms with E-state index in [9.17, 15) is 0 Å². The molecule has 0 saturated carbocycles. The fourth-order valence-corrected chi connectivity index (χ4v) is 2.32. The van der Waals surface area contributed by atoms with Gasteiger partial charge in [0.15, 0.2) is 0 Å². The van der Waals surface area contributed by atoms with Gasteiger partial charge in [-0.25, -0.2) is 4.98 Å². The number of hydrogen-bond acceptors (Lipinski definition) is 2. The number of unbranched alkanes of at least 4 members (excludes halogenated alkanes) is 3. The highest BCUT2D eigenvalue weighted by Gasteiger charge is 2.05. The van der Waals surface area contributed by atoms with Crippen molar-refractivity contribution in [2.24, 2.45) is 0 Å². The van der Waals surface area contributed by atoms with Crippen LogP contribution in [0.3, 0.4) is 0 Å². The van der Waals surface area contributed by atoms with Gasteiger partial charge in [0.1, 0.15) is 5.82 Å². The minimum atomic E-state index is 0.499. The summed E-state index contributed by atoms with van der Waals surface area (Å²) < 4.78 is 1.04. The first-order chi connectivity index (χ1) is 8.13. The van der Waals surface area contributed by atoms with E-state index in [1.807, 2.05) is 6.20 Å². The minimum Gasteiger partial charge on any atom is -0.367 e. The summed E-state index contributed by atoms with van der Waals surface area (Å²) >= 11 is 3.43. The van der Waals surface area contributed by atoms with Crippen molar-refractivity contribution in [2.45, 2.75) is 58.9 Å². The van der Waals surface area contributed by atoms with Crippen LogP contribution in [-0.4, -0.2) is 11.0 Å². The summed E-state index contributed by atoms with van der Waals surface area (Å²) in [7, 11) is 0. The average Bonchev–Trinajstić information content (AvgIpc) is 2.28. The molecule has 1 unspecified atom stereocenters. The molecule has 1 N–H and O–H groups in total. The number of pyridine rings is 1. The van der Waals surface area contributed by atoms with Gasteiger partial charge in [-0.15, -0.1) is 0 Å². The third-order valence-electron chi connectivity index (χ3n) is 2.92. The van der Waals surface area contributed by atoms with E-state index < -0.39 is 0 Å². The lowest BCUT2D eigenvalue weighted by molar-refractivity contribution is 0.592. The maximum absolute atomic E-state index is 4.40. The van der Waals surface area contributed by atoms with Crippen LogP contribution in [0.1, 0.15) is 51.5 Å². The lowest BCUT2D eigenvalue weighted by Crippen LogP contribution is -2.16. The van der Waals surface area contributed by atoms with Gasteiger partial charge in [0.05, 0.1) is 0 Å². The number of rotatable bonds is 7. The summed E-state index contributed by atoms with van der Waals surface area (Å²) in [5, 5.41) is 3.48. The first-order valence-corrected chi connectivity index (χ1v) is 7.31. The molecule has 0 fully saturated rings. The van der Waals surface area contributed by atoms with Crippen LogP contribution in [0.2, 0.25) is 0 Å². The molecule has 17 heavy (non-hydrogen) atoms. The highest BCUT2D eigenvalue weighted by atomic mass is 79.9. The maximum atomic E-state index is 4.40. The summed E-state index contributed by atoms with van der Waals surface area (Å²) in [6.45, 7) is 6.57. The van der Waals surface area contributed by atoms with E-state index in [0.29, 0.717) is 6.04 Å². The van der Waals surface area contributed by atoms with Crippen molar-refractivity contribution in [3.8, 4) is 0 Å². The lowest BCUT2D eigenvalue weighted by atomic mass is 10.1. The van der Waals surface area contributed by atoms with Crippen LogP contribution in [-0.2, 0) is 0 Å². The quantitative estimate of drug-likeness (QED) is 0.723. The Kier molecular flexibility index (Phi) is 6.56. The highest BCUT2D eigenvalue weighted by Crippen LogP contribution is 2.18. The van der Waals surface area contributed by atoms with Crippen LogP contribution in [0.5, 0.6) is 0 Å². The molecule has 96 valence electrons. The Hall–Kier alpha value is -0.570. The van der Waals surface area contributed by atoms with Crippen molar-refractivity contribution in [1.82, 2.24) is 4.98 Å². The summed E-state index contributed by atoms with van der Waals surface area (Å²) in [5.74, 6) is 1.01. The lowest BCUT2D eigenvalue weighted by Gasteiger charge is -2.16. The number of halogens is 1. The van der Waals surface area contributed by atoms with Crippen molar-refractivity contribution in [1.29, 1.82) is 0 Å². The maximum Gasteiger partial charge on any atom is 0.129 e. The molecule has 0 aliphatic rings. The Bertz CT molecular complexity index is 339. The molecule has 0 bridgehead atoms. The molecular formula is C14H23BrN2. The Balaban J connectivity index is 2.37. The van der Waals surface area contributed by atoms with E-state index in [4.69, 9.17) is 0 Å². The Morgan fingerprint density at radius 3 is 2.76 bits per heavy atom. The SMILES string of the molecule is CCCCCCC(C)Nc1ncc(Br)cc1C. The molecule has 1 atom stereocenters. The predicted octanol–water partition coefficient (Wildman–Crippen LogP) is 4.92. The molecule has 3 heteroatoms. The topological polar surface area (TPSA) is 24.9 Å². The smallest absolute Gasteiger partial charge is 0.129 e. The largest absolute Gasteiger partial charge is 0.367 e. The molecular weight excluding hydrogens is 276 g/mol. The zero-order valence-electron chi connectivity index (χ0n) is 11.1. The number of nitrogens with zero attached hydrogens (tertiary/aromatic N) is 1. The predicted molar refractivity (Wildman–Crippen MR) is 78.5 cm³/mol. The molecule has 0 amide bonds. The molecule has 0 saturated heterocycles. The van der Waals surface area contributed by atoms with Gasteiger partial charge in [0.25, 0.3) is 0 Å². The zero-order valence-corrected chi connectivity index (χ0v) is 12.7. The molecule has 0 aromatic carbocycles. The van der Waals surface area contributed by atoms with Crippen molar-refractivity contribution < 1.29 is 0 Å². The van der Waals surface area contributed by atoms with Gasteiger partial charge in [-0.3, -0.25) is 0 Å². The molecule has 0 aliphatic carbocycles. The molecule has 0 aliphatic heterocycles. The van der Waals surface area contributed by atoms with Gasteiger partial charge < -0.3 is 5.32 Å². The molecule has 0 spiro atoms.